The highest BCUT2D eigenvalue weighted by Crippen LogP contribution is 2.35. The minimum Gasteiger partial charge on any atom is -0.324 e. The molecule has 1 atom stereocenters. The van der Waals surface area contributed by atoms with E-state index < -0.39 is 0 Å². The maximum atomic E-state index is 5.00. The first-order valence-corrected chi connectivity index (χ1v) is 13.9. The second-order valence-electron chi connectivity index (χ2n) is 10.4. The van der Waals surface area contributed by atoms with Crippen molar-refractivity contribution in [1.29, 1.82) is 0 Å². The van der Waals surface area contributed by atoms with Crippen molar-refractivity contribution < 1.29 is 0 Å². The maximum absolute atomic E-state index is 5.00. The van der Waals surface area contributed by atoms with Gasteiger partial charge in [-0.2, -0.15) is 0 Å². The first-order valence-electron chi connectivity index (χ1n) is 13.9. The zero-order chi connectivity index (χ0) is 26.6. The predicted molar refractivity (Wildman–Crippen MR) is 158 cm³/mol. The van der Waals surface area contributed by atoms with Gasteiger partial charge in [0, 0.05) is 67.8 Å². The summed E-state index contributed by atoms with van der Waals surface area (Å²) in [7, 11) is 0. The van der Waals surface area contributed by atoms with Crippen LogP contribution in [0.3, 0.4) is 0 Å². The van der Waals surface area contributed by atoms with Gasteiger partial charge in [-0.25, -0.2) is 9.97 Å². The number of aryl methyl sites for hydroxylation is 2. The monoisotopic (exact) mass is 517 g/mol. The van der Waals surface area contributed by atoms with Crippen LogP contribution in [0.1, 0.15) is 48.1 Å². The highest BCUT2D eigenvalue weighted by atomic mass is 15.2. The van der Waals surface area contributed by atoms with Crippen LogP contribution in [0.15, 0.2) is 78.2 Å². The standard InChI is InChI=1S/C32H35N7/c1-22-8-10-27(20-30(22)38-32-35-14-12-29(37-32)26-6-4-13-34-21-26)36-23(2)24-9-11-28-25(19-24)5-3-7-31(28)39-17-15-33-16-18-39/h4,6,8-14,19-21,31,33H,3,5,7,15-18H2,1-2H3,(H,35,37,38). The number of piperazine rings is 1. The summed E-state index contributed by atoms with van der Waals surface area (Å²) in [5, 5.41) is 6.88. The molecule has 1 saturated heterocycles. The van der Waals surface area contributed by atoms with Gasteiger partial charge in [-0.05, 0) is 91.8 Å². The molecule has 2 aromatic carbocycles. The molecule has 1 aliphatic heterocycles. The summed E-state index contributed by atoms with van der Waals surface area (Å²) in [5.74, 6) is 0.547. The highest BCUT2D eigenvalue weighted by Gasteiger charge is 2.27. The summed E-state index contributed by atoms with van der Waals surface area (Å²) in [6.07, 6.45) is 8.99. The van der Waals surface area contributed by atoms with Crippen LogP contribution in [0.4, 0.5) is 17.3 Å². The first kappa shape index (κ1) is 25.3. The Hall–Kier alpha value is -3.94. The van der Waals surface area contributed by atoms with Gasteiger partial charge in [-0.1, -0.05) is 18.2 Å². The molecule has 2 aromatic heterocycles. The van der Waals surface area contributed by atoms with Crippen molar-refractivity contribution in [2.75, 3.05) is 31.5 Å². The lowest BCUT2D eigenvalue weighted by molar-refractivity contribution is 0.158. The van der Waals surface area contributed by atoms with Crippen LogP contribution >= 0.6 is 0 Å². The average Bonchev–Trinajstić information content (AvgIpc) is 2.99. The van der Waals surface area contributed by atoms with Gasteiger partial charge in [0.2, 0.25) is 5.95 Å². The van der Waals surface area contributed by atoms with E-state index in [1.54, 1.807) is 12.4 Å². The highest BCUT2D eigenvalue weighted by molar-refractivity contribution is 6.00. The molecule has 3 heterocycles. The molecule has 0 amide bonds. The number of pyridine rings is 1. The molecular formula is C32H35N7. The number of rotatable bonds is 6. The summed E-state index contributed by atoms with van der Waals surface area (Å²) < 4.78 is 0. The molecule has 7 heteroatoms. The molecule has 7 nitrogen and oxygen atoms in total. The lowest BCUT2D eigenvalue weighted by Gasteiger charge is -2.38. The van der Waals surface area contributed by atoms with E-state index in [4.69, 9.17) is 9.98 Å². The van der Waals surface area contributed by atoms with Crippen molar-refractivity contribution in [2.24, 2.45) is 4.99 Å². The number of anilines is 2. The van der Waals surface area contributed by atoms with Gasteiger partial charge in [-0.15, -0.1) is 0 Å². The summed E-state index contributed by atoms with van der Waals surface area (Å²) in [5.41, 5.74) is 9.94. The third kappa shape index (κ3) is 5.75. The van der Waals surface area contributed by atoms with Crippen molar-refractivity contribution in [2.45, 2.75) is 39.2 Å². The van der Waals surface area contributed by atoms with E-state index in [0.29, 0.717) is 12.0 Å². The van der Waals surface area contributed by atoms with Crippen molar-refractivity contribution in [3.63, 3.8) is 0 Å². The second kappa shape index (κ2) is 11.4. The number of aliphatic imine (C=N–C) groups is 1. The van der Waals surface area contributed by atoms with Crippen LogP contribution in [0.2, 0.25) is 0 Å². The molecule has 198 valence electrons. The Morgan fingerprint density at radius 3 is 2.79 bits per heavy atom. The first-order chi connectivity index (χ1) is 19.1. The Bertz CT molecular complexity index is 1480. The van der Waals surface area contributed by atoms with Crippen LogP contribution in [0.5, 0.6) is 0 Å². The van der Waals surface area contributed by atoms with Gasteiger partial charge in [0.25, 0.3) is 0 Å². The molecule has 0 bridgehead atoms. The molecule has 2 aliphatic rings. The van der Waals surface area contributed by atoms with E-state index in [2.05, 4.69) is 75.7 Å². The number of hydrogen-bond donors (Lipinski definition) is 2. The number of fused-ring (bicyclic) bond motifs is 1. The molecule has 1 aliphatic carbocycles. The largest absolute Gasteiger partial charge is 0.324 e. The molecular weight excluding hydrogens is 482 g/mol. The van der Waals surface area contributed by atoms with Gasteiger partial charge in [0.15, 0.2) is 0 Å². The van der Waals surface area contributed by atoms with Crippen molar-refractivity contribution in [3.8, 4) is 11.3 Å². The van der Waals surface area contributed by atoms with E-state index in [0.717, 1.165) is 66.5 Å². The summed E-state index contributed by atoms with van der Waals surface area (Å²) in [6.45, 7) is 8.62. The molecule has 0 saturated carbocycles. The van der Waals surface area contributed by atoms with Gasteiger partial charge >= 0.3 is 0 Å². The zero-order valence-electron chi connectivity index (χ0n) is 22.7. The van der Waals surface area contributed by atoms with E-state index in [9.17, 15) is 0 Å². The summed E-state index contributed by atoms with van der Waals surface area (Å²) >= 11 is 0. The van der Waals surface area contributed by atoms with Gasteiger partial charge in [0.05, 0.1) is 11.4 Å². The van der Waals surface area contributed by atoms with Crippen LogP contribution in [-0.2, 0) is 6.42 Å². The fourth-order valence-electron chi connectivity index (χ4n) is 5.67. The minimum absolute atomic E-state index is 0.547. The van der Waals surface area contributed by atoms with Crippen LogP contribution in [0.25, 0.3) is 11.3 Å². The molecule has 1 unspecified atom stereocenters. The number of hydrogen-bond acceptors (Lipinski definition) is 7. The van der Waals surface area contributed by atoms with Crippen LogP contribution in [0, 0.1) is 6.92 Å². The Kier molecular flexibility index (Phi) is 7.43. The Morgan fingerprint density at radius 1 is 1.05 bits per heavy atom. The third-order valence-corrected chi connectivity index (χ3v) is 7.81. The lowest BCUT2D eigenvalue weighted by atomic mass is 9.85. The Balaban J connectivity index is 1.22. The molecule has 0 radical (unpaired) electrons. The molecule has 2 N–H and O–H groups in total. The molecule has 1 fully saturated rings. The molecule has 39 heavy (non-hydrogen) atoms. The lowest BCUT2D eigenvalue weighted by Crippen LogP contribution is -2.45. The fraction of sp³-hybridized carbons (Fsp3) is 0.312. The van der Waals surface area contributed by atoms with Crippen molar-refractivity contribution in [1.82, 2.24) is 25.2 Å². The number of nitrogens with one attached hydrogen (secondary N) is 2. The SMILES string of the molecule is CC(=Nc1ccc(C)c(Nc2nccc(-c3cccnc3)n2)c1)c1ccc2c(c1)CCCC2N1CCNCC1. The average molecular weight is 518 g/mol. The van der Waals surface area contributed by atoms with E-state index in [1.165, 1.54) is 29.5 Å². The van der Waals surface area contributed by atoms with Crippen molar-refractivity contribution in [3.05, 3.63) is 95.4 Å². The Labute approximate surface area is 230 Å². The summed E-state index contributed by atoms with van der Waals surface area (Å²) in [6, 6.07) is 19.5. The predicted octanol–water partition coefficient (Wildman–Crippen LogP) is 6.01. The van der Waals surface area contributed by atoms with Crippen LogP contribution < -0.4 is 10.6 Å². The molecule has 6 rings (SSSR count). The molecule has 4 aromatic rings. The Morgan fingerprint density at radius 2 is 1.95 bits per heavy atom. The quantitative estimate of drug-likeness (QED) is 0.305. The topological polar surface area (TPSA) is 78.3 Å². The molecule has 0 spiro atoms. The van der Waals surface area contributed by atoms with E-state index in [-0.39, 0.29) is 0 Å². The van der Waals surface area contributed by atoms with Crippen LogP contribution in [-0.4, -0.2) is 51.7 Å². The number of aromatic nitrogens is 3. The smallest absolute Gasteiger partial charge is 0.227 e. The number of nitrogens with zero attached hydrogens (tertiary/aromatic N) is 5. The fourth-order valence-corrected chi connectivity index (χ4v) is 5.67. The minimum atomic E-state index is 0.547. The summed E-state index contributed by atoms with van der Waals surface area (Å²) in [4.78, 5) is 21.0. The number of benzene rings is 2. The third-order valence-electron chi connectivity index (χ3n) is 7.81. The van der Waals surface area contributed by atoms with E-state index in [1.807, 2.05) is 24.4 Å². The van der Waals surface area contributed by atoms with Gasteiger partial charge in [-0.3, -0.25) is 14.9 Å². The van der Waals surface area contributed by atoms with E-state index >= 15 is 0 Å². The van der Waals surface area contributed by atoms with Gasteiger partial charge < -0.3 is 10.6 Å². The van der Waals surface area contributed by atoms with Crippen molar-refractivity contribution >= 4 is 23.0 Å². The maximum Gasteiger partial charge on any atom is 0.227 e. The van der Waals surface area contributed by atoms with Gasteiger partial charge in [0.1, 0.15) is 0 Å². The second-order valence-corrected chi connectivity index (χ2v) is 10.4. The zero-order valence-corrected chi connectivity index (χ0v) is 22.7. The normalized spacial score (nSPS) is 18.0.